The minimum Gasteiger partial charge on any atom is -0.471 e. The molecule has 8 rings (SSSR count). The third kappa shape index (κ3) is 16.5. The van der Waals surface area contributed by atoms with Crippen LogP contribution in [0, 0.1) is 10.8 Å². The van der Waals surface area contributed by atoms with E-state index in [0.29, 0.717) is 56.5 Å². The highest BCUT2D eigenvalue weighted by molar-refractivity contribution is 5.92. The van der Waals surface area contributed by atoms with Crippen molar-refractivity contribution in [3.8, 4) is 11.8 Å². The van der Waals surface area contributed by atoms with Gasteiger partial charge in [0.1, 0.15) is 48.6 Å². The second-order valence-corrected chi connectivity index (χ2v) is 24.2. The number of esters is 2. The molecule has 4 amide bonds. The number of nitrogens with zero attached hydrogens (tertiary/aromatic N) is 6. The molecule has 88 heavy (non-hydrogen) atoms. The number of aliphatic hydroxyl groups is 3. The van der Waals surface area contributed by atoms with Crippen LogP contribution in [-0.4, -0.2) is 176 Å². The normalized spacial score (nSPS) is 23.1. The van der Waals surface area contributed by atoms with E-state index in [9.17, 15) is 39.0 Å². The Bertz CT molecular complexity index is 3000. The summed E-state index contributed by atoms with van der Waals surface area (Å²) in [7, 11) is 2.33. The molecule has 0 radical (unpaired) electrons. The van der Waals surface area contributed by atoms with Crippen molar-refractivity contribution in [3.05, 3.63) is 84.2 Å². The molecule has 2 aliphatic heterocycles. The quantitative estimate of drug-likeness (QED) is 0.0287. The lowest BCUT2D eigenvalue weighted by molar-refractivity contribution is -0.152. The van der Waals surface area contributed by atoms with Gasteiger partial charge in [-0.3, -0.25) is 9.59 Å². The van der Waals surface area contributed by atoms with Crippen LogP contribution in [0.4, 0.5) is 27.2 Å². The fraction of sp³-hybridized carbons (Fsp3) is 0.574. The first-order valence-corrected chi connectivity index (χ1v) is 29.2. The van der Waals surface area contributed by atoms with Crippen LogP contribution in [-0.2, 0) is 50.0 Å². The number of alkyl carbamates (subject to hydrolysis) is 2. The number of para-hydroxylation sites is 4. The number of fused-ring (bicyclic) bond motifs is 2. The first kappa shape index (κ1) is 67.7. The van der Waals surface area contributed by atoms with Gasteiger partial charge in [-0.2, -0.15) is 17.6 Å². The molecule has 4 heterocycles. The summed E-state index contributed by atoms with van der Waals surface area (Å²) in [5.41, 5.74) is -2.09. The topological polar surface area (TPSA) is 301 Å². The van der Waals surface area contributed by atoms with Crippen LogP contribution in [0.3, 0.4) is 0 Å². The van der Waals surface area contributed by atoms with Gasteiger partial charge in [0.15, 0.2) is 11.4 Å². The maximum Gasteiger partial charge on any atom is 0.408 e. The number of methoxy groups -OCH3 is 2. The second-order valence-electron chi connectivity index (χ2n) is 24.2. The van der Waals surface area contributed by atoms with E-state index >= 15 is 17.6 Å². The molecule has 4 aromatic rings. The van der Waals surface area contributed by atoms with Crippen molar-refractivity contribution in [2.24, 2.45) is 10.8 Å². The number of aromatic nitrogens is 4. The summed E-state index contributed by atoms with van der Waals surface area (Å²) in [6.45, 7) is 11.1. The SMILES string of the molecule is CC/C=C/C(F)(F)c1nc2ccccc2nc1O[C@@H]1C[C@@H](C(=O)OC)N(C(=O)[C@@H](NC(=O)O[C@@H]2CCC[C@H]2O)C(C)(C)C)C1.COC(=O)[C@@H]1C[C@@H](Oc2nc3ccccc3nc2C(F)(F)/C=C/CO)CN1C(=O)[C@@H](NC(=O)O[C@@H]1CCC[C@H]1O)C(C)(C)C. The van der Waals surface area contributed by atoms with Crippen molar-refractivity contribution >= 4 is 58.0 Å². The van der Waals surface area contributed by atoms with Crippen LogP contribution >= 0.6 is 0 Å². The Morgan fingerprint density at radius 3 is 1.28 bits per heavy atom. The number of nitrogens with one attached hydrogen (secondary N) is 2. The lowest BCUT2D eigenvalue weighted by Crippen LogP contribution is -2.57. The Hall–Kier alpha value is -7.78. The van der Waals surface area contributed by atoms with E-state index in [2.05, 4.69) is 30.6 Å². The van der Waals surface area contributed by atoms with Gasteiger partial charge >= 0.3 is 36.0 Å². The highest BCUT2D eigenvalue weighted by Crippen LogP contribution is 2.40. The van der Waals surface area contributed by atoms with Crippen molar-refractivity contribution in [3.63, 3.8) is 0 Å². The zero-order valence-corrected chi connectivity index (χ0v) is 50.6. The first-order chi connectivity index (χ1) is 41.5. The maximum atomic E-state index is 15.3. The Kier molecular flexibility index (Phi) is 22.0. The Morgan fingerprint density at radius 1 is 0.602 bits per heavy atom. The summed E-state index contributed by atoms with van der Waals surface area (Å²) in [4.78, 5) is 98.4. The van der Waals surface area contributed by atoms with Crippen LogP contribution < -0.4 is 20.1 Å². The van der Waals surface area contributed by atoms with E-state index in [1.54, 1.807) is 90.9 Å². The number of aliphatic hydroxyl groups excluding tert-OH is 3. The monoisotopic (exact) mass is 1240 g/mol. The Morgan fingerprint density at radius 2 is 0.966 bits per heavy atom. The maximum absolute atomic E-state index is 15.3. The summed E-state index contributed by atoms with van der Waals surface area (Å²) in [6.07, 6.45) is 0.439. The number of hydrogen-bond donors (Lipinski definition) is 5. The van der Waals surface area contributed by atoms with E-state index < -0.39 is 149 Å². The van der Waals surface area contributed by atoms with Gasteiger partial charge in [-0.25, -0.2) is 39.1 Å². The average molecular weight is 1240 g/mol. The molecule has 0 bridgehead atoms. The van der Waals surface area contributed by atoms with Gasteiger partial charge < -0.3 is 64.2 Å². The van der Waals surface area contributed by atoms with Crippen LogP contribution in [0.2, 0.25) is 0 Å². The van der Waals surface area contributed by atoms with Gasteiger partial charge in [0.2, 0.25) is 23.6 Å². The molecular formula is C61H78F4N8O15. The van der Waals surface area contributed by atoms with Gasteiger partial charge in [0, 0.05) is 12.8 Å². The zero-order chi connectivity index (χ0) is 64.5. The second kappa shape index (κ2) is 28.6. The number of ether oxygens (including phenoxy) is 6. The molecule has 0 spiro atoms. The molecule has 480 valence electrons. The van der Waals surface area contributed by atoms with Gasteiger partial charge in [-0.05, 0) is 92.2 Å². The van der Waals surface area contributed by atoms with Gasteiger partial charge in [-0.15, -0.1) is 0 Å². The van der Waals surface area contributed by atoms with E-state index in [1.807, 2.05) is 0 Å². The molecule has 0 unspecified atom stereocenters. The number of likely N-dealkylation sites (tertiary alicyclic amines) is 2. The summed E-state index contributed by atoms with van der Waals surface area (Å²) in [5.74, 6) is -10.8. The zero-order valence-electron chi connectivity index (χ0n) is 50.6. The molecule has 2 saturated carbocycles. The lowest BCUT2D eigenvalue weighted by atomic mass is 9.85. The highest BCUT2D eigenvalue weighted by Gasteiger charge is 2.50. The van der Waals surface area contributed by atoms with E-state index in [4.69, 9.17) is 33.5 Å². The van der Waals surface area contributed by atoms with Gasteiger partial charge in [0.05, 0.1) is 68.2 Å². The minimum atomic E-state index is -3.67. The molecule has 2 aromatic heterocycles. The molecule has 23 nitrogen and oxygen atoms in total. The summed E-state index contributed by atoms with van der Waals surface area (Å²) in [6, 6.07) is 8.33. The third-order valence-electron chi connectivity index (χ3n) is 15.4. The average Bonchev–Trinajstić information content (AvgIpc) is 1.41. The van der Waals surface area contributed by atoms with Crippen molar-refractivity contribution in [2.75, 3.05) is 33.9 Å². The Balaban J connectivity index is 0.000000251. The summed E-state index contributed by atoms with van der Waals surface area (Å²) >= 11 is 0. The highest BCUT2D eigenvalue weighted by atomic mass is 19.3. The third-order valence-corrected chi connectivity index (χ3v) is 15.4. The number of carbonyl (C=O) groups excluding carboxylic acids is 6. The summed E-state index contributed by atoms with van der Waals surface area (Å²) < 4.78 is 93.7. The number of carbonyl (C=O) groups is 6. The number of halogens is 4. The van der Waals surface area contributed by atoms with Crippen molar-refractivity contribution in [2.45, 2.75) is 179 Å². The fourth-order valence-corrected chi connectivity index (χ4v) is 10.8. The van der Waals surface area contributed by atoms with Crippen LogP contribution in [0.5, 0.6) is 11.8 Å². The van der Waals surface area contributed by atoms with Crippen molar-refractivity contribution < 1.29 is 90.1 Å². The fourth-order valence-electron chi connectivity index (χ4n) is 10.8. The van der Waals surface area contributed by atoms with Gasteiger partial charge in [-0.1, -0.05) is 84.9 Å². The molecular weight excluding hydrogens is 1160 g/mol. The molecule has 10 atom stereocenters. The smallest absolute Gasteiger partial charge is 0.408 e. The minimum absolute atomic E-state index is 0.0711. The first-order valence-electron chi connectivity index (χ1n) is 29.2. The number of amides is 4. The van der Waals surface area contributed by atoms with Crippen molar-refractivity contribution in [1.29, 1.82) is 0 Å². The summed E-state index contributed by atoms with van der Waals surface area (Å²) in [5, 5.41) is 34.3. The molecule has 2 aromatic carbocycles. The predicted molar refractivity (Wildman–Crippen MR) is 309 cm³/mol. The number of hydrogen-bond acceptors (Lipinski definition) is 19. The van der Waals surface area contributed by atoms with Crippen LogP contribution in [0.25, 0.3) is 22.1 Å². The number of alkyl halides is 4. The van der Waals surface area contributed by atoms with E-state index in [0.717, 1.165) is 19.3 Å². The van der Waals surface area contributed by atoms with Crippen molar-refractivity contribution in [1.82, 2.24) is 40.4 Å². The van der Waals surface area contributed by atoms with E-state index in [1.165, 1.54) is 29.1 Å². The Labute approximate surface area is 506 Å². The number of rotatable bonds is 18. The molecule has 5 N–H and O–H groups in total. The van der Waals surface area contributed by atoms with Crippen LogP contribution in [0.1, 0.15) is 118 Å². The molecule has 4 aliphatic rings. The molecule has 2 saturated heterocycles. The largest absolute Gasteiger partial charge is 0.471 e. The molecule has 27 heteroatoms. The van der Waals surface area contributed by atoms with Crippen LogP contribution in [0.15, 0.2) is 72.8 Å². The standard InChI is InChI=1S/C31H40F2N4O7.C30H38F2N4O8/c1-6-7-15-31(32,33)24-26(35-20-12-9-8-11-19(20)34-24)43-18-16-21(28(40)42-5)37(17-18)27(39)25(30(2,3)4)36-29(41)44-23-14-10-13-22(23)38;1-29(2,3)24(35-28(41)44-22-12-7-11-21(22)38)26(39)36-16-17(15-20(36)27(40)42-4)43-25-23(30(31,32)13-8-14-37)33-18-9-5-6-10-19(18)34-25/h7-9,11-12,15,18,21-23,25,38H,6,10,13-14,16-17H2,1-5H3,(H,36,41);5-6,8-10,13,17,20-22,24,37-38H,7,11-12,14-16H2,1-4H3,(H,35,41)/b15-7+;13-8+/t18-,21+,22-,23-,25-;17-,20+,21-,22-,24-/m11/s1. The molecule has 4 fully saturated rings. The number of allylic oxidation sites excluding steroid dienone is 3. The number of benzene rings is 2. The lowest BCUT2D eigenvalue weighted by Gasteiger charge is -2.35. The predicted octanol–water partition coefficient (Wildman–Crippen LogP) is 7.11. The molecule has 2 aliphatic carbocycles. The van der Waals surface area contributed by atoms with E-state index in [-0.39, 0.29) is 42.5 Å². The van der Waals surface area contributed by atoms with Gasteiger partial charge in [0.25, 0.3) is 0 Å².